The molecule has 1 N–H and O–H groups in total. The van der Waals surface area contributed by atoms with Gasteiger partial charge in [0.25, 0.3) is 5.91 Å². The van der Waals surface area contributed by atoms with E-state index in [4.69, 9.17) is 33.0 Å². The van der Waals surface area contributed by atoms with Crippen LogP contribution in [0.5, 0.6) is 0 Å². The highest BCUT2D eigenvalue weighted by molar-refractivity contribution is 7.80. The number of nitrogens with one attached hydrogen (secondary N) is 1. The molecular formula is C25H31N3O4S. The molecule has 5 atom stereocenters. The molecule has 0 radical (unpaired) electrons. The fourth-order valence-electron chi connectivity index (χ4n) is 7.14. The number of amides is 1. The minimum absolute atomic E-state index is 0.0658. The molecule has 0 aromatic heterocycles. The van der Waals surface area contributed by atoms with Crippen LogP contribution in [0.3, 0.4) is 0 Å². The molecule has 5 rings (SSSR count). The molecule has 8 heteroatoms. The molecule has 4 aliphatic rings. The number of benzene rings is 1. The lowest BCUT2D eigenvalue weighted by atomic mass is 9.56. The summed E-state index contributed by atoms with van der Waals surface area (Å²) in [4.78, 5) is 19.7. The smallest absolute Gasteiger partial charge is 0.259 e. The number of rotatable bonds is 3. The van der Waals surface area contributed by atoms with Gasteiger partial charge in [-0.05, 0) is 61.4 Å². The van der Waals surface area contributed by atoms with E-state index in [0.29, 0.717) is 24.0 Å². The van der Waals surface area contributed by atoms with Crippen molar-refractivity contribution in [3.63, 3.8) is 0 Å². The molecule has 3 fully saturated rings. The predicted molar refractivity (Wildman–Crippen MR) is 127 cm³/mol. The van der Waals surface area contributed by atoms with Crippen LogP contribution in [0.2, 0.25) is 0 Å². The van der Waals surface area contributed by atoms with Crippen LogP contribution in [0.1, 0.15) is 44.7 Å². The summed E-state index contributed by atoms with van der Waals surface area (Å²) in [5.41, 5.74) is 1.17. The molecular weight excluding hydrogens is 438 g/mol. The molecule has 2 unspecified atom stereocenters. The van der Waals surface area contributed by atoms with Crippen LogP contribution in [-0.4, -0.2) is 54.7 Å². The van der Waals surface area contributed by atoms with Crippen molar-refractivity contribution in [3.05, 3.63) is 40.7 Å². The summed E-state index contributed by atoms with van der Waals surface area (Å²) in [6, 6.07) is 5.75. The topological polar surface area (TPSA) is 64.4 Å². The molecule has 33 heavy (non-hydrogen) atoms. The number of methoxy groups -OCH3 is 1. The lowest BCUT2D eigenvalue weighted by Gasteiger charge is -2.51. The zero-order chi connectivity index (χ0) is 23.6. The second kappa shape index (κ2) is 7.74. The van der Waals surface area contributed by atoms with Crippen molar-refractivity contribution in [2.45, 2.75) is 57.5 Å². The van der Waals surface area contributed by atoms with E-state index in [2.05, 4.69) is 24.0 Å². The van der Waals surface area contributed by atoms with Crippen molar-refractivity contribution in [1.29, 1.82) is 0 Å². The number of hydrogen-bond donors (Lipinski definition) is 1. The third-order valence-electron chi connectivity index (χ3n) is 8.22. The summed E-state index contributed by atoms with van der Waals surface area (Å²) in [7, 11) is 1.77. The maximum atomic E-state index is 14.4. The van der Waals surface area contributed by atoms with Crippen LogP contribution in [0.4, 0.5) is 5.69 Å². The Balaban J connectivity index is 1.63. The van der Waals surface area contributed by atoms with Crippen LogP contribution in [-0.2, 0) is 31.0 Å². The first-order chi connectivity index (χ1) is 15.7. The zero-order valence-electron chi connectivity index (χ0n) is 19.6. The van der Waals surface area contributed by atoms with Crippen molar-refractivity contribution < 1.29 is 19.0 Å². The zero-order valence-corrected chi connectivity index (χ0v) is 20.5. The van der Waals surface area contributed by atoms with E-state index in [1.165, 1.54) is 0 Å². The SMILES string of the molecule is [C-]#[N+]c1ccc2c(c1)[C@]1(NC(=S)N(CC3(C)OCCO3)C1=O)C1(C2)C[C@@H](C)C(OC)[C@@H](C)C1. The number of fused-ring (bicyclic) bond motifs is 3. The number of ether oxygens (including phenoxy) is 3. The van der Waals surface area contributed by atoms with Gasteiger partial charge in [-0.3, -0.25) is 9.69 Å². The van der Waals surface area contributed by atoms with E-state index < -0.39 is 11.3 Å². The highest BCUT2D eigenvalue weighted by atomic mass is 32.1. The Morgan fingerprint density at radius 2 is 1.94 bits per heavy atom. The third kappa shape index (κ3) is 3.17. The molecule has 1 aromatic carbocycles. The fraction of sp³-hybridized carbons (Fsp3) is 0.640. The molecule has 176 valence electrons. The fourth-order valence-corrected chi connectivity index (χ4v) is 7.44. The highest BCUT2D eigenvalue weighted by Gasteiger charge is 2.69. The van der Waals surface area contributed by atoms with E-state index >= 15 is 0 Å². The molecule has 0 bridgehead atoms. The summed E-state index contributed by atoms with van der Waals surface area (Å²) in [5, 5.41) is 3.91. The maximum absolute atomic E-state index is 14.4. The van der Waals surface area contributed by atoms with E-state index in [-0.39, 0.29) is 35.8 Å². The molecule has 1 saturated carbocycles. The van der Waals surface area contributed by atoms with Gasteiger partial charge in [-0.1, -0.05) is 32.0 Å². The lowest BCUT2D eigenvalue weighted by Crippen LogP contribution is -2.59. The van der Waals surface area contributed by atoms with Crippen LogP contribution < -0.4 is 5.32 Å². The van der Waals surface area contributed by atoms with Crippen LogP contribution >= 0.6 is 12.2 Å². The number of carbonyl (C=O) groups excluding carboxylic acids is 1. The number of thiocarbonyl (C=S) groups is 1. The van der Waals surface area contributed by atoms with Gasteiger partial charge in [0.2, 0.25) is 0 Å². The minimum atomic E-state index is -1.00. The average Bonchev–Trinajstić information content (AvgIpc) is 3.38. The van der Waals surface area contributed by atoms with Crippen molar-refractivity contribution in [1.82, 2.24) is 10.2 Å². The largest absolute Gasteiger partial charge is 0.381 e. The summed E-state index contributed by atoms with van der Waals surface area (Å²) >= 11 is 5.76. The summed E-state index contributed by atoms with van der Waals surface area (Å²) in [5.74, 6) is -0.388. The van der Waals surface area contributed by atoms with E-state index in [1.54, 1.807) is 12.0 Å². The van der Waals surface area contributed by atoms with Gasteiger partial charge in [0.15, 0.2) is 16.6 Å². The molecule has 1 amide bonds. The summed E-state index contributed by atoms with van der Waals surface area (Å²) in [6.45, 7) is 15.1. The summed E-state index contributed by atoms with van der Waals surface area (Å²) in [6.07, 6.45) is 2.58. The van der Waals surface area contributed by atoms with Gasteiger partial charge >= 0.3 is 0 Å². The second-order valence-corrected chi connectivity index (χ2v) is 10.8. The number of carbonyl (C=O) groups is 1. The molecule has 2 aliphatic heterocycles. The Kier molecular flexibility index (Phi) is 5.33. The highest BCUT2D eigenvalue weighted by Crippen LogP contribution is 2.62. The molecule has 7 nitrogen and oxygen atoms in total. The quantitative estimate of drug-likeness (QED) is 0.540. The molecule has 2 spiro atoms. The number of hydrogen-bond acceptors (Lipinski definition) is 5. The first-order valence-corrected chi connectivity index (χ1v) is 12.1. The third-order valence-corrected chi connectivity index (χ3v) is 8.54. The molecule has 1 aromatic rings. The van der Waals surface area contributed by atoms with Crippen molar-refractivity contribution in [2.75, 3.05) is 26.9 Å². The first kappa shape index (κ1) is 22.7. The van der Waals surface area contributed by atoms with Crippen LogP contribution in [0.25, 0.3) is 4.85 Å². The van der Waals surface area contributed by atoms with Gasteiger partial charge in [-0.25, -0.2) is 4.85 Å². The lowest BCUT2D eigenvalue weighted by molar-refractivity contribution is -0.163. The Bertz CT molecular complexity index is 1030. The van der Waals surface area contributed by atoms with Crippen molar-refractivity contribution in [2.24, 2.45) is 17.3 Å². The van der Waals surface area contributed by atoms with Gasteiger partial charge in [-0.2, -0.15) is 0 Å². The predicted octanol–water partition coefficient (Wildman–Crippen LogP) is 3.54. The molecule has 2 saturated heterocycles. The monoisotopic (exact) mass is 469 g/mol. The molecule has 2 heterocycles. The summed E-state index contributed by atoms with van der Waals surface area (Å²) < 4.78 is 17.4. The van der Waals surface area contributed by atoms with Crippen LogP contribution in [0, 0.1) is 23.8 Å². The van der Waals surface area contributed by atoms with E-state index in [0.717, 1.165) is 30.4 Å². The Hall–Kier alpha value is -2.05. The average molecular weight is 470 g/mol. The van der Waals surface area contributed by atoms with Crippen LogP contribution in [0.15, 0.2) is 18.2 Å². The standard InChI is InChI=1S/C25H31N3O4S/c1-15-11-24(12-16(2)20(15)30-5)13-17-6-7-18(26-4)10-19(17)25(24)21(29)28(22(33)27-25)14-23(3)31-8-9-32-23/h6-7,10,15-16,20H,8-9,11-14H2,1-3,5H3,(H,27,33)/t15-,16+,20?,24?,25-/m1/s1. The molecule has 2 aliphatic carbocycles. The van der Waals surface area contributed by atoms with Gasteiger partial charge < -0.3 is 19.5 Å². The minimum Gasteiger partial charge on any atom is -0.381 e. The Labute approximate surface area is 200 Å². The Morgan fingerprint density at radius 1 is 1.27 bits per heavy atom. The van der Waals surface area contributed by atoms with Gasteiger partial charge in [0, 0.05) is 12.5 Å². The Morgan fingerprint density at radius 3 is 2.55 bits per heavy atom. The number of nitrogens with zero attached hydrogens (tertiary/aromatic N) is 2. The van der Waals surface area contributed by atoms with Crippen molar-refractivity contribution >= 4 is 28.9 Å². The van der Waals surface area contributed by atoms with Gasteiger partial charge in [0.05, 0.1) is 32.4 Å². The normalized spacial score (nSPS) is 36.9. The van der Waals surface area contributed by atoms with E-state index in [1.807, 2.05) is 25.1 Å². The van der Waals surface area contributed by atoms with Gasteiger partial charge in [0.1, 0.15) is 5.54 Å². The van der Waals surface area contributed by atoms with Crippen molar-refractivity contribution in [3.8, 4) is 0 Å². The van der Waals surface area contributed by atoms with Gasteiger partial charge in [-0.15, -0.1) is 0 Å². The second-order valence-electron chi connectivity index (χ2n) is 10.4. The van der Waals surface area contributed by atoms with E-state index in [9.17, 15) is 4.79 Å². The maximum Gasteiger partial charge on any atom is 0.259 e. The first-order valence-electron chi connectivity index (χ1n) is 11.6.